The van der Waals surface area contributed by atoms with E-state index in [4.69, 9.17) is 4.74 Å². The van der Waals surface area contributed by atoms with Crippen LogP contribution in [0.25, 0.3) is 0 Å². The van der Waals surface area contributed by atoms with E-state index in [0.29, 0.717) is 24.4 Å². The lowest BCUT2D eigenvalue weighted by Gasteiger charge is -2.04. The number of hydrogen-bond donors (Lipinski definition) is 2. The van der Waals surface area contributed by atoms with Crippen LogP contribution in [0.3, 0.4) is 0 Å². The summed E-state index contributed by atoms with van der Waals surface area (Å²) in [6.45, 7) is 2.58. The molecule has 0 atom stereocenters. The number of nitrogens with zero attached hydrogens (tertiary/aromatic N) is 2. The molecule has 0 aliphatic rings. The third kappa shape index (κ3) is 6.05. The molecule has 20 heavy (non-hydrogen) atoms. The van der Waals surface area contributed by atoms with Crippen LogP contribution in [0.2, 0.25) is 0 Å². The van der Waals surface area contributed by atoms with E-state index >= 15 is 0 Å². The lowest BCUT2D eigenvalue weighted by Crippen LogP contribution is -2.29. The molecule has 7 heteroatoms. The Hall–Kier alpha value is -2.28. The zero-order valence-electron chi connectivity index (χ0n) is 11.5. The van der Waals surface area contributed by atoms with Gasteiger partial charge in [0.15, 0.2) is 0 Å². The fourth-order valence-corrected chi connectivity index (χ4v) is 1.34. The highest BCUT2D eigenvalue weighted by Gasteiger charge is 2.05. The Morgan fingerprint density at radius 2 is 2.05 bits per heavy atom. The highest BCUT2D eigenvalue weighted by Crippen LogP contribution is 1.95. The summed E-state index contributed by atoms with van der Waals surface area (Å²) < 4.78 is 4.82. The fraction of sp³-hybridized carbons (Fsp3) is 0.385. The van der Waals surface area contributed by atoms with Crippen molar-refractivity contribution < 1.29 is 14.3 Å². The van der Waals surface area contributed by atoms with E-state index in [9.17, 15) is 9.59 Å². The first-order chi connectivity index (χ1) is 9.63. The molecule has 0 aliphatic carbocycles. The monoisotopic (exact) mass is 278 g/mol. The highest BCUT2D eigenvalue weighted by atomic mass is 16.5. The van der Waals surface area contributed by atoms with Crippen LogP contribution in [-0.2, 0) is 9.53 Å². The highest BCUT2D eigenvalue weighted by molar-refractivity contribution is 6.01. The van der Waals surface area contributed by atoms with Crippen LogP contribution in [0.4, 0.5) is 0 Å². The summed E-state index contributed by atoms with van der Waals surface area (Å²) in [5.41, 5.74) is 3.36. The van der Waals surface area contributed by atoms with Crippen LogP contribution in [0, 0.1) is 0 Å². The molecule has 0 fully saturated rings. The van der Waals surface area contributed by atoms with E-state index in [1.54, 1.807) is 26.2 Å². The standard InChI is InChI=1S/C13H18N4O3/c1-10(9-12(18)15-7-8-20-2)16-17-13(19)11-3-5-14-6-4-11/h3-6H,7-9H2,1-2H3,(H,15,18)(H,17,19)/b16-10+. The van der Waals surface area contributed by atoms with Gasteiger partial charge in [0.1, 0.15) is 0 Å². The predicted molar refractivity (Wildman–Crippen MR) is 74.3 cm³/mol. The number of amides is 2. The molecule has 2 amide bonds. The Labute approximate surface area is 117 Å². The summed E-state index contributed by atoms with van der Waals surface area (Å²) in [6, 6.07) is 3.16. The zero-order chi connectivity index (χ0) is 14.8. The molecule has 1 aromatic rings. The Bertz CT molecular complexity index is 474. The molecule has 1 aromatic heterocycles. The third-order valence-electron chi connectivity index (χ3n) is 2.34. The molecule has 0 unspecified atom stereocenters. The lowest BCUT2D eigenvalue weighted by molar-refractivity contribution is -0.120. The van der Waals surface area contributed by atoms with E-state index in [2.05, 4.69) is 20.8 Å². The van der Waals surface area contributed by atoms with Crippen LogP contribution in [0.15, 0.2) is 29.6 Å². The molecule has 0 saturated heterocycles. The minimum atomic E-state index is -0.341. The number of hydrogen-bond acceptors (Lipinski definition) is 5. The minimum absolute atomic E-state index is 0.125. The van der Waals surface area contributed by atoms with Crippen molar-refractivity contribution in [3.8, 4) is 0 Å². The average molecular weight is 278 g/mol. The molecule has 0 aromatic carbocycles. The number of ether oxygens (including phenoxy) is 1. The van der Waals surface area contributed by atoms with Gasteiger partial charge in [0.25, 0.3) is 5.91 Å². The van der Waals surface area contributed by atoms with Crippen molar-refractivity contribution in [2.75, 3.05) is 20.3 Å². The number of hydrazone groups is 1. The number of aromatic nitrogens is 1. The van der Waals surface area contributed by atoms with Gasteiger partial charge in [-0.15, -0.1) is 0 Å². The van der Waals surface area contributed by atoms with Gasteiger partial charge in [-0.2, -0.15) is 5.10 Å². The van der Waals surface area contributed by atoms with Gasteiger partial charge in [-0.25, -0.2) is 5.43 Å². The first-order valence-corrected chi connectivity index (χ1v) is 6.12. The number of methoxy groups -OCH3 is 1. The first-order valence-electron chi connectivity index (χ1n) is 6.12. The van der Waals surface area contributed by atoms with Crippen molar-refractivity contribution in [1.29, 1.82) is 0 Å². The summed E-state index contributed by atoms with van der Waals surface area (Å²) in [5, 5.41) is 6.54. The molecule has 108 valence electrons. The van der Waals surface area contributed by atoms with Crippen LogP contribution < -0.4 is 10.7 Å². The first kappa shape index (κ1) is 15.8. The lowest BCUT2D eigenvalue weighted by atomic mass is 10.2. The molecule has 2 N–H and O–H groups in total. The second-order valence-electron chi connectivity index (χ2n) is 4.04. The molecule has 1 heterocycles. The van der Waals surface area contributed by atoms with E-state index in [1.165, 1.54) is 12.4 Å². The van der Waals surface area contributed by atoms with Gasteiger partial charge >= 0.3 is 0 Å². The number of nitrogens with one attached hydrogen (secondary N) is 2. The topological polar surface area (TPSA) is 92.7 Å². The molecule has 0 radical (unpaired) electrons. The SMILES string of the molecule is COCCNC(=O)C/C(C)=N/NC(=O)c1ccncc1. The zero-order valence-corrected chi connectivity index (χ0v) is 11.5. The summed E-state index contributed by atoms with van der Waals surface area (Å²) in [4.78, 5) is 27.0. The van der Waals surface area contributed by atoms with Crippen LogP contribution in [0.1, 0.15) is 23.7 Å². The van der Waals surface area contributed by atoms with E-state index in [0.717, 1.165) is 0 Å². The number of pyridine rings is 1. The Morgan fingerprint density at radius 1 is 1.35 bits per heavy atom. The van der Waals surface area contributed by atoms with E-state index < -0.39 is 0 Å². The number of carbonyl (C=O) groups excluding carboxylic acids is 2. The molecule has 0 spiro atoms. The Morgan fingerprint density at radius 3 is 2.70 bits per heavy atom. The number of carbonyl (C=O) groups is 2. The van der Waals surface area contributed by atoms with Crippen molar-refractivity contribution in [3.05, 3.63) is 30.1 Å². The van der Waals surface area contributed by atoms with Crippen molar-refractivity contribution in [2.45, 2.75) is 13.3 Å². The van der Waals surface area contributed by atoms with E-state index in [-0.39, 0.29) is 18.2 Å². The minimum Gasteiger partial charge on any atom is -0.383 e. The quantitative estimate of drug-likeness (QED) is 0.427. The smallest absolute Gasteiger partial charge is 0.271 e. The predicted octanol–water partition coefficient (Wildman–Crippen LogP) is 0.340. The fourth-order valence-electron chi connectivity index (χ4n) is 1.34. The van der Waals surface area contributed by atoms with Gasteiger partial charge in [-0.05, 0) is 19.1 Å². The molecule has 7 nitrogen and oxygen atoms in total. The Balaban J connectivity index is 2.38. The third-order valence-corrected chi connectivity index (χ3v) is 2.34. The molecule has 0 saturated carbocycles. The maximum absolute atomic E-state index is 11.7. The summed E-state index contributed by atoms with van der Waals surface area (Å²) in [6.07, 6.45) is 3.17. The van der Waals surface area contributed by atoms with Crippen molar-refractivity contribution >= 4 is 17.5 Å². The molecular weight excluding hydrogens is 260 g/mol. The van der Waals surface area contributed by atoms with Crippen molar-refractivity contribution in [1.82, 2.24) is 15.7 Å². The number of rotatable bonds is 7. The molecular formula is C13H18N4O3. The van der Waals surface area contributed by atoms with Gasteiger partial charge < -0.3 is 10.1 Å². The van der Waals surface area contributed by atoms with Crippen molar-refractivity contribution in [3.63, 3.8) is 0 Å². The van der Waals surface area contributed by atoms with E-state index in [1.807, 2.05) is 0 Å². The van der Waals surface area contributed by atoms with Crippen LogP contribution in [-0.4, -0.2) is 42.8 Å². The van der Waals surface area contributed by atoms with Gasteiger partial charge in [0, 0.05) is 37.3 Å². The maximum Gasteiger partial charge on any atom is 0.271 e. The van der Waals surface area contributed by atoms with Gasteiger partial charge in [0.2, 0.25) is 5.91 Å². The van der Waals surface area contributed by atoms with Crippen molar-refractivity contribution in [2.24, 2.45) is 5.10 Å². The van der Waals surface area contributed by atoms with Gasteiger partial charge in [0.05, 0.1) is 13.0 Å². The summed E-state index contributed by atoms with van der Waals surface area (Å²) >= 11 is 0. The van der Waals surface area contributed by atoms with Gasteiger partial charge in [-0.1, -0.05) is 0 Å². The molecule has 1 rings (SSSR count). The summed E-state index contributed by atoms with van der Waals surface area (Å²) in [7, 11) is 1.56. The maximum atomic E-state index is 11.7. The molecule has 0 bridgehead atoms. The van der Waals surface area contributed by atoms with Crippen LogP contribution in [0.5, 0.6) is 0 Å². The Kier molecular flexibility index (Phi) is 6.91. The largest absolute Gasteiger partial charge is 0.383 e. The van der Waals surface area contributed by atoms with Crippen LogP contribution >= 0.6 is 0 Å². The normalized spacial score (nSPS) is 11.0. The van der Waals surface area contributed by atoms with Gasteiger partial charge in [-0.3, -0.25) is 14.6 Å². The second kappa shape index (κ2) is 8.76. The molecule has 0 aliphatic heterocycles. The summed E-state index contributed by atoms with van der Waals surface area (Å²) in [5.74, 6) is -0.506. The second-order valence-corrected chi connectivity index (χ2v) is 4.04. The average Bonchev–Trinajstić information content (AvgIpc) is 2.46.